The molecule has 8 heteroatoms. The zero-order chi connectivity index (χ0) is 19.7. The van der Waals surface area contributed by atoms with E-state index in [9.17, 15) is 27.9 Å². The highest BCUT2D eigenvalue weighted by Gasteiger charge is 2.55. The average molecular weight is 377 g/mol. The number of aliphatic hydroxyl groups is 1. The number of hydrogen-bond donors (Lipinski definition) is 2. The average Bonchev–Trinajstić information content (AvgIpc) is 2.65. The molecule has 0 saturated carbocycles. The molecule has 0 aliphatic rings. The number of carbonyl (C=O) groups is 1. The Balaban J connectivity index is 1.88. The summed E-state index contributed by atoms with van der Waals surface area (Å²) >= 11 is 0. The van der Waals surface area contributed by atoms with E-state index in [1.165, 1.54) is 30.3 Å². The fraction of sp³-hybridized carbons (Fsp3) is 0.158. The van der Waals surface area contributed by atoms with E-state index in [0.717, 1.165) is 18.2 Å². The van der Waals surface area contributed by atoms with Crippen LogP contribution in [0.1, 0.15) is 16.1 Å². The van der Waals surface area contributed by atoms with Gasteiger partial charge in [-0.1, -0.05) is 42.5 Å². The molecule has 2 N–H and O–H groups in total. The van der Waals surface area contributed by atoms with Crippen molar-refractivity contribution >= 4 is 16.9 Å². The molecule has 1 heterocycles. The van der Waals surface area contributed by atoms with Crippen LogP contribution < -0.4 is 10.7 Å². The lowest BCUT2D eigenvalue weighted by molar-refractivity contribution is -0.263. The molecule has 27 heavy (non-hydrogen) atoms. The van der Waals surface area contributed by atoms with Crippen LogP contribution >= 0.6 is 0 Å². The number of para-hydroxylation sites is 1. The molecule has 0 fully saturated rings. The Morgan fingerprint density at radius 2 is 1.67 bits per heavy atom. The number of halogens is 3. The van der Waals surface area contributed by atoms with Gasteiger partial charge in [0, 0.05) is 6.07 Å². The Morgan fingerprint density at radius 3 is 2.33 bits per heavy atom. The van der Waals surface area contributed by atoms with Gasteiger partial charge in [0.05, 0.1) is 11.9 Å². The van der Waals surface area contributed by atoms with Crippen molar-refractivity contribution in [3.63, 3.8) is 0 Å². The third-order valence-electron chi connectivity index (χ3n) is 4.08. The van der Waals surface area contributed by atoms with Crippen molar-refractivity contribution in [1.29, 1.82) is 0 Å². The topological polar surface area (TPSA) is 79.5 Å². The standard InChI is InChI=1S/C19H14F3NO4/c20-19(21,22)18(26,12-6-2-1-3-7-12)11-23-17(25)16-10-14(24)13-8-4-5-9-15(13)27-16/h1-10,26H,11H2,(H,23,25)/t18-/m0/s1. The van der Waals surface area contributed by atoms with Crippen LogP contribution in [0.2, 0.25) is 0 Å². The van der Waals surface area contributed by atoms with E-state index in [1.807, 2.05) is 5.32 Å². The van der Waals surface area contributed by atoms with E-state index >= 15 is 0 Å². The van der Waals surface area contributed by atoms with Crippen LogP contribution in [0, 0.1) is 0 Å². The van der Waals surface area contributed by atoms with Crippen LogP contribution in [0.3, 0.4) is 0 Å². The molecular formula is C19H14F3NO4. The van der Waals surface area contributed by atoms with Crippen LogP contribution in [-0.2, 0) is 5.60 Å². The molecule has 0 spiro atoms. The molecule has 0 aliphatic heterocycles. The molecule has 2 aromatic carbocycles. The van der Waals surface area contributed by atoms with Crippen molar-refractivity contribution in [3.8, 4) is 0 Å². The molecule has 1 aromatic heterocycles. The molecule has 1 amide bonds. The van der Waals surface area contributed by atoms with E-state index in [4.69, 9.17) is 4.42 Å². The summed E-state index contributed by atoms with van der Waals surface area (Å²) in [6.07, 6.45) is -5.04. The highest BCUT2D eigenvalue weighted by Crippen LogP contribution is 2.38. The van der Waals surface area contributed by atoms with Gasteiger partial charge >= 0.3 is 6.18 Å². The van der Waals surface area contributed by atoms with Gasteiger partial charge in [-0.3, -0.25) is 9.59 Å². The van der Waals surface area contributed by atoms with Crippen LogP contribution in [-0.4, -0.2) is 23.7 Å². The number of nitrogens with one attached hydrogen (secondary N) is 1. The van der Waals surface area contributed by atoms with Gasteiger partial charge in [0.2, 0.25) is 5.60 Å². The first-order valence-electron chi connectivity index (χ1n) is 7.88. The van der Waals surface area contributed by atoms with Gasteiger partial charge in [-0.25, -0.2) is 0 Å². The highest BCUT2D eigenvalue weighted by atomic mass is 19.4. The molecule has 0 unspecified atom stereocenters. The molecule has 1 atom stereocenters. The molecule has 0 bridgehead atoms. The molecule has 0 saturated heterocycles. The Bertz CT molecular complexity index is 1030. The van der Waals surface area contributed by atoms with Gasteiger partial charge in [-0.15, -0.1) is 0 Å². The molecule has 0 aliphatic carbocycles. The maximum Gasteiger partial charge on any atom is 0.423 e. The van der Waals surface area contributed by atoms with Crippen molar-refractivity contribution in [2.45, 2.75) is 11.8 Å². The quantitative estimate of drug-likeness (QED) is 0.733. The number of rotatable bonds is 4. The van der Waals surface area contributed by atoms with Crippen LogP contribution in [0.25, 0.3) is 11.0 Å². The number of hydrogen-bond acceptors (Lipinski definition) is 4. The number of carbonyl (C=O) groups excluding carboxylic acids is 1. The molecule has 0 radical (unpaired) electrons. The van der Waals surface area contributed by atoms with E-state index in [-0.39, 0.29) is 11.0 Å². The Hall–Kier alpha value is -3.13. The second kappa shape index (κ2) is 6.88. The zero-order valence-electron chi connectivity index (χ0n) is 13.8. The summed E-state index contributed by atoms with van der Waals surface area (Å²) in [5.74, 6) is -1.49. The molecule has 3 aromatic rings. The lowest BCUT2D eigenvalue weighted by atomic mass is 9.93. The number of fused-ring (bicyclic) bond motifs is 1. The van der Waals surface area contributed by atoms with Crippen LogP contribution in [0.4, 0.5) is 13.2 Å². The lowest BCUT2D eigenvalue weighted by Crippen LogP contribution is -2.51. The third-order valence-corrected chi connectivity index (χ3v) is 4.08. The Kier molecular flexibility index (Phi) is 4.75. The fourth-order valence-corrected chi connectivity index (χ4v) is 2.59. The number of benzene rings is 2. The van der Waals surface area contributed by atoms with Gasteiger partial charge in [-0.2, -0.15) is 13.2 Å². The predicted octanol–water partition coefficient (Wildman–Crippen LogP) is 2.97. The van der Waals surface area contributed by atoms with Crippen LogP contribution in [0.5, 0.6) is 0 Å². The molecule has 3 rings (SSSR count). The summed E-state index contributed by atoms with van der Waals surface area (Å²) in [7, 11) is 0. The minimum absolute atomic E-state index is 0.129. The predicted molar refractivity (Wildman–Crippen MR) is 91.2 cm³/mol. The monoisotopic (exact) mass is 377 g/mol. The largest absolute Gasteiger partial charge is 0.451 e. The second-order valence-corrected chi connectivity index (χ2v) is 5.88. The van der Waals surface area contributed by atoms with Gasteiger partial charge in [0.1, 0.15) is 5.58 Å². The third kappa shape index (κ3) is 3.56. The minimum Gasteiger partial charge on any atom is -0.451 e. The second-order valence-electron chi connectivity index (χ2n) is 5.88. The normalized spacial score (nSPS) is 13.9. The van der Waals surface area contributed by atoms with Crippen LogP contribution in [0.15, 0.2) is 69.9 Å². The first-order chi connectivity index (χ1) is 12.7. The lowest BCUT2D eigenvalue weighted by Gasteiger charge is -2.31. The van der Waals surface area contributed by atoms with Crippen molar-refractivity contribution in [2.75, 3.05) is 6.54 Å². The smallest absolute Gasteiger partial charge is 0.423 e. The summed E-state index contributed by atoms with van der Waals surface area (Å²) in [5.41, 5.74) is -4.08. The molecular weight excluding hydrogens is 363 g/mol. The summed E-state index contributed by atoms with van der Waals surface area (Å²) in [5, 5.41) is 12.4. The van der Waals surface area contributed by atoms with Gasteiger partial charge in [0.15, 0.2) is 11.2 Å². The van der Waals surface area contributed by atoms with E-state index < -0.39 is 41.0 Å². The summed E-state index contributed by atoms with van der Waals surface area (Å²) < 4.78 is 45.6. The number of amides is 1. The van der Waals surface area contributed by atoms with Gasteiger partial charge in [0.25, 0.3) is 5.91 Å². The molecule has 140 valence electrons. The SMILES string of the molecule is O=C(NC[C@](O)(c1ccccc1)C(F)(F)F)c1cc(=O)c2ccccc2o1. The first kappa shape index (κ1) is 18.7. The maximum atomic E-state index is 13.4. The molecule has 5 nitrogen and oxygen atoms in total. The fourth-order valence-electron chi connectivity index (χ4n) is 2.59. The van der Waals surface area contributed by atoms with Gasteiger partial charge < -0.3 is 14.8 Å². The van der Waals surface area contributed by atoms with E-state index in [1.54, 1.807) is 12.1 Å². The summed E-state index contributed by atoms with van der Waals surface area (Å²) in [6, 6.07) is 13.5. The number of alkyl halides is 3. The Morgan fingerprint density at radius 1 is 1.04 bits per heavy atom. The Labute approximate surface area is 151 Å². The highest BCUT2D eigenvalue weighted by molar-refractivity contribution is 5.93. The first-order valence-corrected chi connectivity index (χ1v) is 7.88. The summed E-state index contributed by atoms with van der Waals surface area (Å²) in [4.78, 5) is 24.2. The maximum absolute atomic E-state index is 13.4. The van der Waals surface area contributed by atoms with Crippen molar-refractivity contribution in [3.05, 3.63) is 82.2 Å². The zero-order valence-corrected chi connectivity index (χ0v) is 13.8. The van der Waals surface area contributed by atoms with E-state index in [2.05, 4.69) is 0 Å². The van der Waals surface area contributed by atoms with Crippen molar-refractivity contribution in [1.82, 2.24) is 5.32 Å². The summed E-state index contributed by atoms with van der Waals surface area (Å²) in [6.45, 7) is -1.14. The van der Waals surface area contributed by atoms with Crippen molar-refractivity contribution in [2.24, 2.45) is 0 Å². The van der Waals surface area contributed by atoms with E-state index in [0.29, 0.717) is 0 Å². The van der Waals surface area contributed by atoms with Gasteiger partial charge in [-0.05, 0) is 17.7 Å². The minimum atomic E-state index is -5.04. The van der Waals surface area contributed by atoms with Crippen molar-refractivity contribution < 1.29 is 27.5 Å².